The topological polar surface area (TPSA) is 102 Å². The number of carbonyl (C=O) groups is 4. The van der Waals surface area contributed by atoms with Crippen molar-refractivity contribution >= 4 is 24.9 Å². The second-order valence-electron chi connectivity index (χ2n) is 10.8. The van der Waals surface area contributed by atoms with Crippen LogP contribution < -0.4 is 5.32 Å². The smallest absolute Gasteiger partial charge is 0.418 e. The highest BCUT2D eigenvalue weighted by atomic mass is 16.6. The Morgan fingerprint density at radius 1 is 0.905 bits per heavy atom. The average molecular weight is 587 g/mol. The van der Waals surface area contributed by atoms with Gasteiger partial charge in [-0.25, -0.2) is 14.5 Å². The van der Waals surface area contributed by atoms with Crippen molar-refractivity contribution in [2.75, 3.05) is 13.2 Å². The van der Waals surface area contributed by atoms with E-state index in [-0.39, 0.29) is 13.2 Å². The maximum Gasteiger partial charge on any atom is 0.418 e. The van der Waals surface area contributed by atoms with Crippen LogP contribution in [0.4, 0.5) is 9.59 Å². The zero-order valence-electron chi connectivity index (χ0n) is 26.7. The van der Waals surface area contributed by atoms with Gasteiger partial charge in [0.05, 0.1) is 12.6 Å². The Bertz CT molecular complexity index is 990. The molecule has 1 aliphatic rings. The number of aryl methyl sites for hydroxylation is 2. The number of amides is 3. The molecule has 1 atom stereocenters. The van der Waals surface area contributed by atoms with Crippen LogP contribution in [0, 0.1) is 6.92 Å². The minimum Gasteiger partial charge on any atom is -0.463 e. The summed E-state index contributed by atoms with van der Waals surface area (Å²) in [6, 6.07) is 4.85. The van der Waals surface area contributed by atoms with Gasteiger partial charge in [0.15, 0.2) is 0 Å². The molecule has 0 aromatic heterocycles. The second kappa shape index (κ2) is 22.4. The summed E-state index contributed by atoms with van der Waals surface area (Å²) in [6.45, 7) is 9.68. The van der Waals surface area contributed by atoms with Crippen molar-refractivity contribution in [1.29, 1.82) is 0 Å². The van der Waals surface area contributed by atoms with E-state index < -0.39 is 18.2 Å². The molecule has 0 spiro atoms. The van der Waals surface area contributed by atoms with Crippen LogP contribution in [0.15, 0.2) is 29.5 Å². The SMILES string of the molecule is CC=O.CCCCCCCCCCCCCCCc1cccc(C)c1C1C(COC=O)=C(C)NC(=O)N1C(=O)OCC. The largest absolute Gasteiger partial charge is 0.463 e. The number of unbranched alkanes of at least 4 members (excludes halogenated alkanes) is 12. The Morgan fingerprint density at radius 3 is 1.98 bits per heavy atom. The molecule has 2 rings (SSSR count). The fourth-order valence-corrected chi connectivity index (χ4v) is 5.46. The van der Waals surface area contributed by atoms with Crippen molar-refractivity contribution in [3.05, 3.63) is 46.2 Å². The number of nitrogens with zero attached hydrogens (tertiary/aromatic N) is 1. The molecular weight excluding hydrogens is 532 g/mol. The third-order valence-electron chi connectivity index (χ3n) is 7.59. The number of rotatable bonds is 19. The molecule has 8 heteroatoms. The number of nitrogens with one attached hydrogen (secondary N) is 1. The van der Waals surface area contributed by atoms with Crippen LogP contribution in [-0.2, 0) is 25.5 Å². The predicted octanol–water partition coefficient (Wildman–Crippen LogP) is 8.50. The van der Waals surface area contributed by atoms with Crippen molar-refractivity contribution in [1.82, 2.24) is 10.2 Å². The van der Waals surface area contributed by atoms with Gasteiger partial charge in [0, 0.05) is 11.3 Å². The molecule has 0 aliphatic carbocycles. The molecule has 0 saturated heterocycles. The summed E-state index contributed by atoms with van der Waals surface area (Å²) < 4.78 is 10.4. The summed E-state index contributed by atoms with van der Waals surface area (Å²) >= 11 is 0. The lowest BCUT2D eigenvalue weighted by molar-refractivity contribution is -0.128. The molecule has 1 heterocycles. The van der Waals surface area contributed by atoms with Crippen molar-refractivity contribution in [2.45, 2.75) is 131 Å². The van der Waals surface area contributed by atoms with Gasteiger partial charge in [0.25, 0.3) is 6.47 Å². The van der Waals surface area contributed by atoms with E-state index in [0.717, 1.165) is 47.1 Å². The first kappa shape index (κ1) is 36.9. The zero-order valence-corrected chi connectivity index (χ0v) is 26.7. The van der Waals surface area contributed by atoms with Gasteiger partial charge in [-0.3, -0.25) is 4.79 Å². The Morgan fingerprint density at radius 2 is 1.45 bits per heavy atom. The van der Waals surface area contributed by atoms with Gasteiger partial charge in [-0.2, -0.15) is 0 Å². The standard InChI is InChI=1S/C32H50N2O5.C2H4O/c1-5-7-8-9-10-11-12-13-14-15-16-17-18-21-27-22-19-20-25(3)29(27)30-28(23-38-24-35)26(4)33-31(36)34(30)32(37)39-6-2;1-2-3/h19-20,22,24,30H,5-18,21,23H2,1-4H3,(H,33,36);2H,1H3. The summed E-state index contributed by atoms with van der Waals surface area (Å²) in [5, 5.41) is 2.73. The van der Waals surface area contributed by atoms with Crippen molar-refractivity contribution in [3.8, 4) is 0 Å². The van der Waals surface area contributed by atoms with Crippen molar-refractivity contribution in [2.24, 2.45) is 0 Å². The minimum absolute atomic E-state index is 0.0251. The molecular formula is C34H54N2O6. The molecule has 1 unspecified atom stereocenters. The van der Waals surface area contributed by atoms with E-state index in [0.29, 0.717) is 17.7 Å². The van der Waals surface area contributed by atoms with Gasteiger partial charge in [-0.1, -0.05) is 102 Å². The first-order chi connectivity index (χ1) is 20.4. The summed E-state index contributed by atoms with van der Waals surface area (Å²) in [4.78, 5) is 46.9. The number of urea groups is 1. The molecule has 0 bridgehead atoms. The van der Waals surface area contributed by atoms with Crippen LogP contribution in [0.5, 0.6) is 0 Å². The van der Waals surface area contributed by atoms with Crippen molar-refractivity contribution in [3.63, 3.8) is 0 Å². The molecule has 3 amide bonds. The minimum atomic E-state index is -0.716. The van der Waals surface area contributed by atoms with Gasteiger partial charge in [-0.05, 0) is 57.2 Å². The number of aldehydes is 1. The molecule has 0 saturated carbocycles. The van der Waals surface area contributed by atoms with E-state index >= 15 is 0 Å². The van der Waals surface area contributed by atoms with Gasteiger partial charge in [-0.15, -0.1) is 0 Å². The van der Waals surface area contributed by atoms with E-state index in [4.69, 9.17) is 14.3 Å². The molecule has 236 valence electrons. The summed E-state index contributed by atoms with van der Waals surface area (Å²) in [5.41, 5.74) is 4.23. The van der Waals surface area contributed by atoms with Crippen LogP contribution in [-0.4, -0.2) is 43.0 Å². The normalized spacial score (nSPS) is 14.5. The fraction of sp³-hybridized carbons (Fsp3) is 0.647. The van der Waals surface area contributed by atoms with Crippen LogP contribution in [0.25, 0.3) is 0 Å². The highest BCUT2D eigenvalue weighted by molar-refractivity contribution is 5.94. The first-order valence-electron chi connectivity index (χ1n) is 15.9. The first-order valence-corrected chi connectivity index (χ1v) is 15.9. The van der Waals surface area contributed by atoms with Crippen LogP contribution >= 0.6 is 0 Å². The van der Waals surface area contributed by atoms with E-state index in [1.165, 1.54) is 77.6 Å². The van der Waals surface area contributed by atoms with E-state index in [1.807, 2.05) is 19.1 Å². The third kappa shape index (κ3) is 12.8. The number of carbonyl (C=O) groups excluding carboxylic acids is 4. The number of hydrogen-bond donors (Lipinski definition) is 1. The number of ether oxygens (including phenoxy) is 2. The van der Waals surface area contributed by atoms with E-state index in [9.17, 15) is 14.4 Å². The van der Waals surface area contributed by atoms with Crippen LogP contribution in [0.2, 0.25) is 0 Å². The molecule has 8 nitrogen and oxygen atoms in total. The van der Waals surface area contributed by atoms with Crippen LogP contribution in [0.3, 0.4) is 0 Å². The number of imide groups is 1. The van der Waals surface area contributed by atoms with Crippen molar-refractivity contribution < 1.29 is 28.7 Å². The summed E-state index contributed by atoms with van der Waals surface area (Å²) in [5.74, 6) is 0. The van der Waals surface area contributed by atoms with Crippen LogP contribution in [0.1, 0.15) is 134 Å². The monoisotopic (exact) mass is 586 g/mol. The van der Waals surface area contributed by atoms with Gasteiger partial charge >= 0.3 is 12.1 Å². The highest BCUT2D eigenvalue weighted by Crippen LogP contribution is 2.38. The molecule has 0 radical (unpaired) electrons. The lowest BCUT2D eigenvalue weighted by Gasteiger charge is -2.37. The molecule has 1 aromatic rings. The van der Waals surface area contributed by atoms with Gasteiger partial charge in [0.1, 0.15) is 12.9 Å². The Balaban J connectivity index is 0.00000281. The molecule has 1 aliphatic heterocycles. The lowest BCUT2D eigenvalue weighted by Crippen LogP contribution is -2.51. The average Bonchev–Trinajstić information content (AvgIpc) is 2.95. The molecule has 0 fully saturated rings. The van der Waals surface area contributed by atoms with Gasteiger partial charge < -0.3 is 19.6 Å². The lowest BCUT2D eigenvalue weighted by atomic mass is 9.86. The molecule has 1 N–H and O–H groups in total. The molecule has 1 aromatic carbocycles. The highest BCUT2D eigenvalue weighted by Gasteiger charge is 2.41. The van der Waals surface area contributed by atoms with E-state index in [1.54, 1.807) is 13.8 Å². The zero-order chi connectivity index (χ0) is 31.2. The predicted molar refractivity (Wildman–Crippen MR) is 167 cm³/mol. The fourth-order valence-electron chi connectivity index (χ4n) is 5.46. The molecule has 42 heavy (non-hydrogen) atoms. The summed E-state index contributed by atoms with van der Waals surface area (Å²) in [7, 11) is 0. The third-order valence-corrected chi connectivity index (χ3v) is 7.59. The Labute approximate surface area is 253 Å². The maximum atomic E-state index is 13.0. The van der Waals surface area contributed by atoms with E-state index in [2.05, 4.69) is 18.3 Å². The number of allylic oxidation sites excluding steroid dienone is 1. The second-order valence-corrected chi connectivity index (χ2v) is 10.8. The number of benzene rings is 1. The Hall–Kier alpha value is -3.16. The number of hydrogen-bond acceptors (Lipinski definition) is 6. The summed E-state index contributed by atoms with van der Waals surface area (Å²) in [6.07, 6.45) is 17.8. The maximum absolute atomic E-state index is 13.0. The Kier molecular flexibility index (Phi) is 19.7. The van der Waals surface area contributed by atoms with Gasteiger partial charge in [0.2, 0.25) is 0 Å². The quantitative estimate of drug-likeness (QED) is 0.129.